The maximum atomic E-state index is 12.4. The molecule has 2 unspecified atom stereocenters. The molecule has 1 aliphatic heterocycles. The van der Waals surface area contributed by atoms with Crippen LogP contribution in [-0.4, -0.2) is 53.4 Å². The van der Waals surface area contributed by atoms with Crippen molar-refractivity contribution in [1.29, 1.82) is 0 Å². The van der Waals surface area contributed by atoms with Gasteiger partial charge in [0.25, 0.3) is 0 Å². The number of alkyl halides is 1. The highest BCUT2D eigenvalue weighted by Crippen LogP contribution is 2.37. The topological polar surface area (TPSA) is 88.7 Å². The van der Waals surface area contributed by atoms with Crippen LogP contribution in [0.4, 0.5) is 0 Å². The number of carbonyl (C=O) groups excluding carboxylic acids is 3. The molecule has 1 amide bonds. The molecule has 2 aromatic carbocycles. The molecule has 0 spiro atoms. The summed E-state index contributed by atoms with van der Waals surface area (Å²) in [4.78, 5) is 40.4. The van der Waals surface area contributed by atoms with Crippen LogP contribution in [0.15, 0.2) is 54.6 Å². The van der Waals surface area contributed by atoms with Crippen molar-refractivity contribution in [3.63, 3.8) is 0 Å². The Morgan fingerprint density at radius 1 is 1.09 bits per heavy atom. The van der Waals surface area contributed by atoms with Gasteiger partial charge >= 0.3 is 11.9 Å². The molecule has 2 atom stereocenters. The normalized spacial score (nSPS) is 16.9. The number of aromatic amines is 1. The van der Waals surface area contributed by atoms with E-state index >= 15 is 0 Å². The molecule has 1 aromatic heterocycles. The van der Waals surface area contributed by atoms with Gasteiger partial charge in [0.05, 0.1) is 25.3 Å². The lowest BCUT2D eigenvalue weighted by molar-refractivity contribution is -0.156. The second-order valence-electron chi connectivity index (χ2n) is 7.50. The third kappa shape index (κ3) is 5.20. The molecule has 0 saturated heterocycles. The summed E-state index contributed by atoms with van der Waals surface area (Å²) < 4.78 is 9.67. The maximum Gasteiger partial charge on any atom is 0.337 e. The smallest absolute Gasteiger partial charge is 0.337 e. The highest BCUT2D eigenvalue weighted by Gasteiger charge is 2.41. The number of halogens is 1. The van der Waals surface area contributed by atoms with Crippen molar-refractivity contribution in [2.75, 3.05) is 19.6 Å². The highest BCUT2D eigenvalue weighted by atomic mass is 35.5. The number of nitrogens with zero attached hydrogens (tertiary/aromatic N) is 1. The third-order valence-electron chi connectivity index (χ3n) is 5.57. The fraction of sp³-hybridized carbons (Fsp3) is 0.320. The minimum atomic E-state index is -0.636. The van der Waals surface area contributed by atoms with Crippen LogP contribution >= 0.6 is 11.6 Å². The molecule has 2 heterocycles. The molecule has 0 saturated carbocycles. The number of fused-ring (bicyclic) bond motifs is 3. The van der Waals surface area contributed by atoms with E-state index in [2.05, 4.69) is 9.72 Å². The third-order valence-corrected chi connectivity index (χ3v) is 5.80. The van der Waals surface area contributed by atoms with Gasteiger partial charge in [0, 0.05) is 23.0 Å². The Labute approximate surface area is 197 Å². The predicted molar refractivity (Wildman–Crippen MR) is 126 cm³/mol. The van der Waals surface area contributed by atoms with Crippen molar-refractivity contribution < 1.29 is 23.9 Å². The minimum Gasteiger partial charge on any atom is -0.465 e. The van der Waals surface area contributed by atoms with Gasteiger partial charge in [-0.1, -0.05) is 36.4 Å². The number of hydrogen-bond donors (Lipinski definition) is 1. The summed E-state index contributed by atoms with van der Waals surface area (Å²) in [5, 5.41) is 1.08. The van der Waals surface area contributed by atoms with Crippen molar-refractivity contribution in [2.45, 2.75) is 32.4 Å². The zero-order valence-corrected chi connectivity index (χ0v) is 19.6. The zero-order chi connectivity index (χ0) is 24.0. The van der Waals surface area contributed by atoms with Crippen molar-refractivity contribution in [3.8, 4) is 0 Å². The van der Waals surface area contributed by atoms with Crippen LogP contribution in [0, 0.1) is 0 Å². The standard InChI is InChI=1S/C17H19ClN2O3.C8H8O2/c1-3-23-17(22)14-8-12-11-6-4-5-7-13(11)19-16(12)10(2)20(14)15(21)9-18;1-10-8(9)7-5-3-2-4-6-7/h4-7,10,14,19H,3,8-9H2,1-2H3;2-6H,1H3. The largest absolute Gasteiger partial charge is 0.465 e. The summed E-state index contributed by atoms with van der Waals surface area (Å²) in [6.45, 7) is 3.95. The number of carbonyl (C=O) groups is 3. The van der Waals surface area contributed by atoms with Crippen molar-refractivity contribution in [2.24, 2.45) is 0 Å². The number of benzene rings is 2. The molecule has 0 aliphatic carbocycles. The van der Waals surface area contributed by atoms with Gasteiger partial charge < -0.3 is 19.4 Å². The number of para-hydroxylation sites is 1. The monoisotopic (exact) mass is 470 g/mol. The molecule has 8 heteroatoms. The molecule has 1 N–H and O–H groups in total. The summed E-state index contributed by atoms with van der Waals surface area (Å²) >= 11 is 5.75. The van der Waals surface area contributed by atoms with Gasteiger partial charge in [0.15, 0.2) is 0 Å². The number of methoxy groups -OCH3 is 1. The van der Waals surface area contributed by atoms with Crippen LogP contribution in [0.3, 0.4) is 0 Å². The molecular formula is C25H27ClN2O5. The lowest BCUT2D eigenvalue weighted by Gasteiger charge is -2.38. The fourth-order valence-electron chi connectivity index (χ4n) is 4.08. The first-order valence-corrected chi connectivity index (χ1v) is 11.2. The number of nitrogens with one attached hydrogen (secondary N) is 1. The van der Waals surface area contributed by atoms with E-state index in [-0.39, 0.29) is 36.4 Å². The molecule has 174 valence electrons. The number of esters is 2. The molecule has 7 nitrogen and oxygen atoms in total. The van der Waals surface area contributed by atoms with E-state index in [0.29, 0.717) is 12.0 Å². The van der Waals surface area contributed by atoms with Gasteiger partial charge in [-0.05, 0) is 37.6 Å². The van der Waals surface area contributed by atoms with E-state index in [1.807, 2.05) is 37.3 Å². The van der Waals surface area contributed by atoms with Gasteiger partial charge in [-0.25, -0.2) is 9.59 Å². The molecule has 4 rings (SSSR count). The second kappa shape index (κ2) is 11.0. The maximum absolute atomic E-state index is 12.4. The van der Waals surface area contributed by atoms with Crippen LogP contribution in [0.2, 0.25) is 0 Å². The van der Waals surface area contributed by atoms with Crippen LogP contribution in [0.25, 0.3) is 10.9 Å². The van der Waals surface area contributed by atoms with Gasteiger partial charge in [0.2, 0.25) is 5.91 Å². The van der Waals surface area contributed by atoms with Crippen molar-refractivity contribution >= 4 is 40.3 Å². The highest BCUT2D eigenvalue weighted by molar-refractivity contribution is 6.27. The summed E-state index contributed by atoms with van der Waals surface area (Å²) in [6.07, 6.45) is 0.436. The van der Waals surface area contributed by atoms with Gasteiger partial charge in [-0.15, -0.1) is 11.6 Å². The Morgan fingerprint density at radius 3 is 2.39 bits per heavy atom. The molecule has 0 fully saturated rings. The Kier molecular flexibility index (Phi) is 8.11. The Hall–Kier alpha value is -3.32. The van der Waals surface area contributed by atoms with Gasteiger partial charge in [-0.3, -0.25) is 4.79 Å². The summed E-state index contributed by atoms with van der Waals surface area (Å²) in [7, 11) is 1.37. The van der Waals surface area contributed by atoms with E-state index in [4.69, 9.17) is 16.3 Å². The number of hydrogen-bond acceptors (Lipinski definition) is 5. The Morgan fingerprint density at radius 2 is 1.76 bits per heavy atom. The molecule has 1 aliphatic rings. The minimum absolute atomic E-state index is 0.157. The van der Waals surface area contributed by atoms with E-state index in [1.54, 1.807) is 36.1 Å². The number of aromatic nitrogens is 1. The first-order valence-electron chi connectivity index (χ1n) is 10.7. The van der Waals surface area contributed by atoms with E-state index in [0.717, 1.165) is 22.2 Å². The molecule has 0 bridgehead atoms. The Balaban J connectivity index is 0.000000257. The average Bonchev–Trinajstić information content (AvgIpc) is 3.23. The van der Waals surface area contributed by atoms with Gasteiger partial charge in [0.1, 0.15) is 11.9 Å². The first-order chi connectivity index (χ1) is 15.9. The predicted octanol–water partition coefficient (Wildman–Crippen LogP) is 4.26. The number of ether oxygens (including phenoxy) is 2. The fourth-order valence-corrected chi connectivity index (χ4v) is 4.22. The summed E-state index contributed by atoms with van der Waals surface area (Å²) in [5.41, 5.74) is 3.63. The molecule has 33 heavy (non-hydrogen) atoms. The van der Waals surface area contributed by atoms with Crippen LogP contribution in [-0.2, 0) is 25.5 Å². The first kappa shape index (κ1) is 24.3. The van der Waals surface area contributed by atoms with Crippen molar-refractivity contribution in [1.82, 2.24) is 9.88 Å². The number of rotatable bonds is 4. The number of H-pyrrole nitrogens is 1. The van der Waals surface area contributed by atoms with Crippen molar-refractivity contribution in [3.05, 3.63) is 71.4 Å². The lowest BCUT2D eigenvalue weighted by atomic mass is 9.92. The van der Waals surface area contributed by atoms with E-state index in [1.165, 1.54) is 7.11 Å². The summed E-state index contributed by atoms with van der Waals surface area (Å²) in [6, 6.07) is 15.9. The second-order valence-corrected chi connectivity index (χ2v) is 7.77. The van der Waals surface area contributed by atoms with E-state index < -0.39 is 6.04 Å². The van der Waals surface area contributed by atoms with Crippen LogP contribution in [0.5, 0.6) is 0 Å². The molecule has 0 radical (unpaired) electrons. The summed E-state index contributed by atoms with van der Waals surface area (Å²) in [5.74, 6) is -1.09. The van der Waals surface area contributed by atoms with E-state index in [9.17, 15) is 14.4 Å². The van der Waals surface area contributed by atoms with Crippen LogP contribution < -0.4 is 0 Å². The Bertz CT molecular complexity index is 1130. The average molecular weight is 471 g/mol. The van der Waals surface area contributed by atoms with Crippen LogP contribution in [0.1, 0.15) is 41.5 Å². The SMILES string of the molecule is CCOC(=O)C1Cc2c([nH]c3ccccc23)C(C)N1C(=O)CCl.COC(=O)c1ccccc1. The number of amides is 1. The van der Waals surface area contributed by atoms with Gasteiger partial charge in [-0.2, -0.15) is 0 Å². The quantitative estimate of drug-likeness (QED) is 0.454. The lowest BCUT2D eigenvalue weighted by Crippen LogP contribution is -2.51. The zero-order valence-electron chi connectivity index (χ0n) is 18.8. The molecule has 3 aromatic rings. The molecular weight excluding hydrogens is 444 g/mol.